The molecule has 0 N–H and O–H groups in total. The molecular weight excluding hydrogens is 761 g/mol. The molecule has 0 aromatic rings. The lowest BCUT2D eigenvalue weighted by Crippen LogP contribution is -2.48. The summed E-state index contributed by atoms with van der Waals surface area (Å²) >= 11 is 0. The van der Waals surface area contributed by atoms with Gasteiger partial charge in [-0.1, -0.05) is 256 Å². The van der Waals surface area contributed by atoms with E-state index in [0.29, 0.717) is 22.7 Å². The summed E-state index contributed by atoms with van der Waals surface area (Å²) in [5, 5.41) is 0. The second-order valence-electron chi connectivity index (χ2n) is 23.6. The third kappa shape index (κ3) is 13.6. The van der Waals surface area contributed by atoms with E-state index in [4.69, 9.17) is 4.74 Å². The van der Waals surface area contributed by atoms with E-state index in [1.807, 2.05) is 0 Å². The first-order chi connectivity index (χ1) is 31.0. The molecule has 4 saturated carbocycles. The van der Waals surface area contributed by atoms with Gasteiger partial charge in [0, 0.05) is 22.7 Å². The van der Waals surface area contributed by atoms with Gasteiger partial charge in [-0.3, -0.25) is 0 Å². The summed E-state index contributed by atoms with van der Waals surface area (Å²) < 4.78 is 6.77. The Hall–Kier alpha value is -1.08. The van der Waals surface area contributed by atoms with Crippen LogP contribution in [0.5, 0.6) is 0 Å². The maximum atomic E-state index is 6.77. The molecule has 6 aliphatic rings. The van der Waals surface area contributed by atoms with E-state index in [0.717, 1.165) is 36.9 Å². The van der Waals surface area contributed by atoms with E-state index in [9.17, 15) is 0 Å². The molecule has 0 spiro atoms. The van der Waals surface area contributed by atoms with Crippen LogP contribution in [-0.4, -0.2) is 13.2 Å². The van der Waals surface area contributed by atoms with Gasteiger partial charge >= 0.3 is 0 Å². The molecule has 1 heteroatoms. The smallest absolute Gasteiger partial charge is 0.0563 e. The largest absolute Gasteiger partial charge is 0.380 e. The Labute approximate surface area is 393 Å². The molecule has 0 saturated heterocycles. The summed E-state index contributed by atoms with van der Waals surface area (Å²) in [5.74, 6) is 4.63. The fourth-order valence-corrected chi connectivity index (χ4v) is 15.8. The highest BCUT2D eigenvalue weighted by Gasteiger charge is 2.55. The van der Waals surface area contributed by atoms with Crippen molar-refractivity contribution in [3.63, 3.8) is 0 Å². The molecule has 360 valence electrons. The van der Waals surface area contributed by atoms with Crippen LogP contribution in [0.15, 0.2) is 48.6 Å². The molecule has 0 bridgehead atoms. The number of hydrogen-bond donors (Lipinski definition) is 0. The maximum Gasteiger partial charge on any atom is 0.0563 e. The quantitative estimate of drug-likeness (QED) is 0.0562. The molecule has 0 atom stereocenters. The molecular formula is C62H106O. The van der Waals surface area contributed by atoms with Gasteiger partial charge in [-0.25, -0.2) is 0 Å². The van der Waals surface area contributed by atoms with Crippen molar-refractivity contribution in [2.24, 2.45) is 57.2 Å². The van der Waals surface area contributed by atoms with Crippen molar-refractivity contribution < 1.29 is 4.74 Å². The summed E-state index contributed by atoms with van der Waals surface area (Å²) in [4.78, 5) is 0. The van der Waals surface area contributed by atoms with Crippen LogP contribution < -0.4 is 0 Å². The van der Waals surface area contributed by atoms with Crippen LogP contribution >= 0.6 is 0 Å². The minimum absolute atomic E-state index is 0.244. The van der Waals surface area contributed by atoms with Gasteiger partial charge in [-0.2, -0.15) is 0 Å². The van der Waals surface area contributed by atoms with Gasteiger partial charge in [0.05, 0.1) is 13.2 Å². The first kappa shape index (κ1) is 51.3. The first-order valence-corrected chi connectivity index (χ1v) is 29.3. The van der Waals surface area contributed by atoms with E-state index in [1.54, 1.807) is 0 Å². The van der Waals surface area contributed by atoms with Gasteiger partial charge in [0.25, 0.3) is 0 Å². The summed E-state index contributed by atoms with van der Waals surface area (Å²) in [6.07, 6.45) is 76.5. The van der Waals surface area contributed by atoms with E-state index in [2.05, 4.69) is 76.3 Å². The first-order valence-electron chi connectivity index (χ1n) is 29.3. The second kappa shape index (κ2) is 27.1. The Morgan fingerprint density at radius 3 is 1.06 bits per heavy atom. The van der Waals surface area contributed by atoms with Crippen molar-refractivity contribution in [2.45, 2.75) is 272 Å². The average molecular weight is 868 g/mol. The second-order valence-corrected chi connectivity index (χ2v) is 23.6. The van der Waals surface area contributed by atoms with E-state index < -0.39 is 0 Å². The van der Waals surface area contributed by atoms with Gasteiger partial charge in [0.1, 0.15) is 0 Å². The predicted octanol–water partition coefficient (Wildman–Crippen LogP) is 19.9. The van der Waals surface area contributed by atoms with Gasteiger partial charge < -0.3 is 4.74 Å². The number of allylic oxidation sites excluding steroid dienone is 4. The summed E-state index contributed by atoms with van der Waals surface area (Å²) in [6, 6.07) is 0. The maximum absolute atomic E-state index is 6.77. The van der Waals surface area contributed by atoms with Crippen LogP contribution in [0.25, 0.3) is 0 Å². The number of ether oxygens (including phenoxy) is 1. The van der Waals surface area contributed by atoms with Crippen LogP contribution in [0.3, 0.4) is 0 Å². The highest BCUT2D eigenvalue weighted by molar-refractivity contribution is 5.28. The van der Waals surface area contributed by atoms with Crippen molar-refractivity contribution in [1.29, 1.82) is 0 Å². The highest BCUT2D eigenvalue weighted by atomic mass is 16.5. The Bertz CT molecular complexity index is 1200. The summed E-state index contributed by atoms with van der Waals surface area (Å²) in [6.45, 7) is 11.1. The average Bonchev–Trinajstić information content (AvgIpc) is 3.33. The summed E-state index contributed by atoms with van der Waals surface area (Å²) in [5.41, 5.74) is 1.42. The van der Waals surface area contributed by atoms with Crippen molar-refractivity contribution in [2.75, 3.05) is 13.2 Å². The van der Waals surface area contributed by atoms with Crippen LogP contribution in [0.4, 0.5) is 0 Å². The van der Waals surface area contributed by atoms with Crippen molar-refractivity contribution >= 4 is 0 Å². The number of unbranched alkanes of at least 4 members (excludes halogenated alkanes) is 12. The zero-order valence-corrected chi connectivity index (χ0v) is 42.8. The van der Waals surface area contributed by atoms with Gasteiger partial charge in [-0.05, 0) is 98.7 Å². The minimum Gasteiger partial charge on any atom is -0.380 e. The number of hydrogen-bond acceptors (Lipinski definition) is 1. The van der Waals surface area contributed by atoms with E-state index in [1.165, 1.54) is 244 Å². The molecule has 0 aromatic heterocycles. The molecule has 4 fully saturated rings. The summed E-state index contributed by atoms with van der Waals surface area (Å²) in [7, 11) is 0. The number of rotatable bonds is 28. The third-order valence-corrected chi connectivity index (χ3v) is 19.6. The van der Waals surface area contributed by atoms with E-state index >= 15 is 0 Å². The molecule has 0 heterocycles. The molecule has 0 radical (unpaired) electrons. The third-order valence-electron chi connectivity index (χ3n) is 19.6. The Balaban J connectivity index is 1.10. The van der Waals surface area contributed by atoms with Crippen LogP contribution in [0.1, 0.15) is 272 Å². The van der Waals surface area contributed by atoms with Crippen molar-refractivity contribution in [3.05, 3.63) is 48.6 Å². The van der Waals surface area contributed by atoms with Crippen LogP contribution in [0, 0.1) is 57.2 Å². The monoisotopic (exact) mass is 867 g/mol. The SMILES string of the molecule is CCCCCCCC1(C2(C3CCC(CCCCC)CC3)CCCCC2)C=CC(COCC2C=CC(CCCCCCC)(C3(C4CCC(CCCCC)CC4)CCCCC3)C=C2)C=C1. The van der Waals surface area contributed by atoms with Crippen molar-refractivity contribution in [3.8, 4) is 0 Å². The highest BCUT2D eigenvalue weighted by Crippen LogP contribution is 2.64. The Kier molecular flexibility index (Phi) is 22.0. The van der Waals surface area contributed by atoms with Gasteiger partial charge in [0.15, 0.2) is 0 Å². The minimum atomic E-state index is 0.244. The lowest BCUT2D eigenvalue weighted by molar-refractivity contribution is -0.0295. The van der Waals surface area contributed by atoms with Crippen molar-refractivity contribution in [1.82, 2.24) is 0 Å². The molecule has 6 rings (SSSR count). The molecule has 0 amide bonds. The van der Waals surface area contributed by atoms with E-state index in [-0.39, 0.29) is 10.8 Å². The zero-order valence-electron chi connectivity index (χ0n) is 42.8. The predicted molar refractivity (Wildman–Crippen MR) is 276 cm³/mol. The zero-order chi connectivity index (χ0) is 44.1. The fraction of sp³-hybridized carbons (Fsp3) is 0.871. The lowest BCUT2D eigenvalue weighted by atomic mass is 9.47. The molecule has 1 nitrogen and oxygen atoms in total. The molecule has 63 heavy (non-hydrogen) atoms. The lowest BCUT2D eigenvalue weighted by Gasteiger charge is -2.57. The molecule has 0 unspecified atom stereocenters. The molecule has 0 aliphatic heterocycles. The van der Waals surface area contributed by atoms with Gasteiger partial charge in [-0.15, -0.1) is 0 Å². The van der Waals surface area contributed by atoms with Crippen LogP contribution in [0.2, 0.25) is 0 Å². The van der Waals surface area contributed by atoms with Crippen LogP contribution in [-0.2, 0) is 4.74 Å². The molecule has 0 aromatic carbocycles. The Morgan fingerprint density at radius 2 is 0.714 bits per heavy atom. The Morgan fingerprint density at radius 1 is 0.381 bits per heavy atom. The van der Waals surface area contributed by atoms with Gasteiger partial charge in [0.2, 0.25) is 0 Å². The molecule has 6 aliphatic carbocycles. The standard InChI is InChI=1S/C62H106O/c1-5-9-13-15-21-41-59(61(43-23-17-24-44-61)57-33-29-53(30-34-57)27-19-11-7-3)47-37-55(38-48-59)51-63-52-56-39-49-60(50-40-56,42-22-16-14-10-6-2)62(45-25-18-26-46-62)58-35-31-54(32-36-58)28-20-12-8-4/h37-40,47-50,53-58H,5-36,41-46,51-52H2,1-4H3. The normalized spacial score (nSPS) is 32.9. The topological polar surface area (TPSA) is 9.23 Å². The fourth-order valence-electron chi connectivity index (χ4n) is 15.8.